The van der Waals surface area contributed by atoms with Crippen LogP contribution in [0, 0.1) is 11.3 Å². The normalized spacial score (nSPS) is 23.9. The van der Waals surface area contributed by atoms with Crippen LogP contribution in [0.1, 0.15) is 87.0 Å². The predicted octanol–water partition coefficient (Wildman–Crippen LogP) is 7.32. The first kappa shape index (κ1) is 42.4. The highest BCUT2D eigenvalue weighted by Gasteiger charge is 2.66. The second-order valence-corrected chi connectivity index (χ2v) is 21.1. The van der Waals surface area contributed by atoms with Crippen molar-refractivity contribution >= 4 is 52.6 Å². The highest BCUT2D eigenvalue weighted by atomic mass is 32.1. The molecule has 3 fully saturated rings. The monoisotopic (exact) mass is 824 g/mol. The smallest absolute Gasteiger partial charge is 0.408 e. The number of carbonyl (C=O) groups is 3. The molecule has 2 aliphatic carbocycles. The van der Waals surface area contributed by atoms with Crippen molar-refractivity contribution in [2.24, 2.45) is 11.3 Å². The van der Waals surface area contributed by atoms with Gasteiger partial charge in [0.2, 0.25) is 19.2 Å². The lowest BCUT2D eigenvalue weighted by Gasteiger charge is -2.36. The molecule has 3 aliphatic rings. The minimum Gasteiger partial charge on any atom is -0.497 e. The average Bonchev–Trinajstić information content (AvgIpc) is 3.55. The Hall–Kier alpha value is -4.20. The number of fused-ring (bicyclic) bond motifs is 1. The number of nitrogens with one attached hydrogen (secondary N) is 3. The molecule has 310 valence electrons. The van der Waals surface area contributed by atoms with Crippen LogP contribution < -0.4 is 25.4 Å². The van der Waals surface area contributed by atoms with Crippen molar-refractivity contribution in [3.63, 3.8) is 0 Å². The quantitative estimate of drug-likeness (QED) is 0.0945. The Morgan fingerprint density at radius 3 is 2.42 bits per heavy atom. The Labute approximate surface area is 339 Å². The van der Waals surface area contributed by atoms with Gasteiger partial charge in [0, 0.05) is 46.9 Å². The molecule has 57 heavy (non-hydrogen) atoms. The molecule has 6 atom stereocenters. The van der Waals surface area contributed by atoms with Crippen LogP contribution in [0.5, 0.6) is 11.5 Å². The Morgan fingerprint density at radius 2 is 1.81 bits per heavy atom. The third kappa shape index (κ3) is 8.95. The zero-order valence-electron chi connectivity index (χ0n) is 34.2. The summed E-state index contributed by atoms with van der Waals surface area (Å²) in [4.78, 5) is 64.8. The van der Waals surface area contributed by atoms with Crippen molar-refractivity contribution in [2.75, 3.05) is 19.0 Å². The van der Waals surface area contributed by atoms with E-state index in [2.05, 4.69) is 22.5 Å². The first-order valence-corrected chi connectivity index (χ1v) is 22.4. The maximum atomic E-state index is 14.7. The average molecular weight is 825 g/mol. The molecule has 3 amide bonds. The van der Waals surface area contributed by atoms with Gasteiger partial charge in [0.1, 0.15) is 46.8 Å². The topological polar surface area (TPSA) is 181 Å². The van der Waals surface area contributed by atoms with E-state index in [0.717, 1.165) is 30.8 Å². The van der Waals surface area contributed by atoms with Crippen LogP contribution in [0.15, 0.2) is 42.3 Å². The van der Waals surface area contributed by atoms with E-state index in [9.17, 15) is 23.8 Å². The van der Waals surface area contributed by atoms with Crippen molar-refractivity contribution < 1.29 is 38.1 Å². The van der Waals surface area contributed by atoms with Gasteiger partial charge in [-0.25, -0.2) is 14.8 Å². The van der Waals surface area contributed by atoms with E-state index < -0.39 is 65.7 Å². The summed E-state index contributed by atoms with van der Waals surface area (Å²) in [7, 11) is -2.35. The zero-order valence-corrected chi connectivity index (χ0v) is 35.9. The number of likely N-dealkylation sites (tertiary alicyclic amines) is 1. The number of rotatable bonds is 14. The number of methoxy groups -OCH3 is 1. The zero-order chi connectivity index (χ0) is 41.4. The molecule has 1 unspecified atom stereocenters. The van der Waals surface area contributed by atoms with E-state index in [1.807, 2.05) is 58.2 Å². The molecular weight excluding hydrogens is 768 g/mol. The molecule has 16 heteroatoms. The molecule has 0 spiro atoms. The van der Waals surface area contributed by atoms with E-state index in [-0.39, 0.29) is 31.5 Å². The molecule has 1 aromatic carbocycles. The number of anilines is 1. The van der Waals surface area contributed by atoms with Gasteiger partial charge in [0.25, 0.3) is 0 Å². The lowest BCUT2D eigenvalue weighted by molar-refractivity contribution is -0.142. The predicted molar refractivity (Wildman–Crippen MR) is 222 cm³/mol. The van der Waals surface area contributed by atoms with Crippen molar-refractivity contribution in [3.05, 3.63) is 42.3 Å². The Morgan fingerprint density at radius 1 is 1.09 bits per heavy atom. The minimum absolute atomic E-state index is 0.00380. The number of hydrogen-bond acceptors (Lipinski definition) is 11. The molecule has 0 bridgehead atoms. The third-order valence-electron chi connectivity index (χ3n) is 11.1. The first-order valence-electron chi connectivity index (χ1n) is 19.8. The summed E-state index contributed by atoms with van der Waals surface area (Å²) in [6.07, 6.45) is 3.81. The summed E-state index contributed by atoms with van der Waals surface area (Å²) in [6.45, 7) is 16.7. The Bertz CT molecular complexity index is 2040. The molecule has 4 N–H and O–H groups in total. The van der Waals surface area contributed by atoms with Crippen LogP contribution in [-0.4, -0.2) is 92.6 Å². The number of pyridine rings is 1. The molecule has 6 rings (SSSR count). The van der Waals surface area contributed by atoms with Gasteiger partial charge in [0.15, 0.2) is 5.13 Å². The molecule has 3 heterocycles. The van der Waals surface area contributed by atoms with Gasteiger partial charge in [0.05, 0.1) is 24.9 Å². The highest BCUT2D eigenvalue weighted by Crippen LogP contribution is 2.71. The second-order valence-electron chi connectivity index (χ2n) is 17.1. The van der Waals surface area contributed by atoms with Gasteiger partial charge in [-0.2, -0.15) is 0 Å². The van der Waals surface area contributed by atoms with Gasteiger partial charge in [-0.15, -0.1) is 17.9 Å². The number of aromatic nitrogens is 2. The van der Waals surface area contributed by atoms with Crippen molar-refractivity contribution in [2.45, 2.75) is 128 Å². The fourth-order valence-electron chi connectivity index (χ4n) is 7.82. The second kappa shape index (κ2) is 16.6. The van der Waals surface area contributed by atoms with Crippen LogP contribution in [0.3, 0.4) is 0 Å². The van der Waals surface area contributed by atoms with E-state index in [0.29, 0.717) is 33.8 Å². The number of nitrogens with zero attached hydrogens (tertiary/aromatic N) is 3. The van der Waals surface area contributed by atoms with Gasteiger partial charge in [-0.05, 0) is 63.5 Å². The van der Waals surface area contributed by atoms with E-state index >= 15 is 0 Å². The number of carbonyl (C=O) groups excluding carboxylic acids is 3. The summed E-state index contributed by atoms with van der Waals surface area (Å²) in [5.74, 6) is -0.400. The van der Waals surface area contributed by atoms with Crippen molar-refractivity contribution in [1.29, 1.82) is 0 Å². The van der Waals surface area contributed by atoms with Crippen molar-refractivity contribution in [3.8, 4) is 22.9 Å². The summed E-state index contributed by atoms with van der Waals surface area (Å²) in [5.41, 5.74) is 0.414. The number of amides is 3. The van der Waals surface area contributed by atoms with Crippen LogP contribution >= 0.6 is 18.7 Å². The molecule has 1 saturated heterocycles. The van der Waals surface area contributed by atoms with Gasteiger partial charge in [-0.1, -0.05) is 40.7 Å². The number of thiazole rings is 1. The first-order chi connectivity index (χ1) is 26.9. The Kier molecular flexibility index (Phi) is 12.3. The highest BCUT2D eigenvalue weighted by molar-refractivity contribution is 7.60. The summed E-state index contributed by atoms with van der Waals surface area (Å²) < 4.78 is 31.8. The molecule has 1 aliphatic heterocycles. The molecule has 3 aromatic rings. The standard InChI is InChI=1S/C41H57N6O8PS/c1-10-25-20-41(25,56(51,52)24(4)5)46-36(48)33-18-28(21-47(33)37(49)35(40(6,7)8)45-39(50)55-26-13-11-12-14-26)54-34-19-31(32-22-57-38(44-32)42-23(2)3)43-30-17-27(53-9)15-16-29(30)34/h10,15-17,19,22-26,28,33,35H,1,11-14,18,20-21H2,2-9H3,(H,42,44)(H,45,50)(H,46,48)(H,51,52)/t25-,28-,33+,35-,41+/m1/s1. The largest absolute Gasteiger partial charge is 0.497 e. The van der Waals surface area contributed by atoms with Gasteiger partial charge >= 0.3 is 6.09 Å². The van der Waals surface area contributed by atoms with Crippen molar-refractivity contribution in [1.82, 2.24) is 25.5 Å². The maximum Gasteiger partial charge on any atom is 0.408 e. The summed E-state index contributed by atoms with van der Waals surface area (Å²) in [6, 6.07) is 5.31. The molecular formula is C41H57N6O8PS. The number of benzene rings is 1. The van der Waals surface area contributed by atoms with Crippen LogP contribution in [0.4, 0.5) is 9.93 Å². The molecule has 14 nitrogen and oxygen atoms in total. The van der Waals surface area contributed by atoms with E-state index in [4.69, 9.17) is 24.2 Å². The van der Waals surface area contributed by atoms with Gasteiger partial charge in [-0.3, -0.25) is 14.2 Å². The molecule has 2 aromatic heterocycles. The lowest BCUT2D eigenvalue weighted by atomic mass is 9.85. The SMILES string of the molecule is C=C[C@@H]1C[C@]1(NC(=O)[C@@H]1C[C@@H](Oc2cc(-c3csc(NC(C)C)n3)nc3cc(OC)ccc23)CN1C(=O)[C@@H](NC(=O)OC1CCCC1)C(C)(C)C)P(=O)(O)C(C)C. The third-order valence-corrected chi connectivity index (χ3v) is 15.1. The lowest BCUT2D eigenvalue weighted by Crippen LogP contribution is -2.58. The number of alkyl carbamates (subject to hydrolysis) is 1. The van der Waals surface area contributed by atoms with E-state index in [1.165, 1.54) is 16.2 Å². The van der Waals surface area contributed by atoms with Crippen LogP contribution in [0.25, 0.3) is 22.3 Å². The summed E-state index contributed by atoms with van der Waals surface area (Å²) >= 11 is 1.46. The molecule has 2 saturated carbocycles. The fourth-order valence-corrected chi connectivity index (χ4v) is 10.9. The van der Waals surface area contributed by atoms with Crippen LogP contribution in [-0.2, 0) is 18.9 Å². The fraction of sp³-hybridized carbons (Fsp3) is 0.585. The van der Waals surface area contributed by atoms with Crippen LogP contribution in [0.2, 0.25) is 0 Å². The summed E-state index contributed by atoms with van der Waals surface area (Å²) in [5, 5.41) is 11.0. The minimum atomic E-state index is -3.93. The molecule has 0 radical (unpaired) electrons. The number of hydrogen-bond donors (Lipinski definition) is 4. The van der Waals surface area contributed by atoms with E-state index in [1.54, 1.807) is 33.1 Å². The number of ether oxygens (including phenoxy) is 3. The van der Waals surface area contributed by atoms with Gasteiger partial charge < -0.3 is 40.0 Å². The maximum absolute atomic E-state index is 14.7. The Balaban J connectivity index is 1.35.